The first-order chi connectivity index (χ1) is 12.5. The molecule has 1 atom stereocenters. The number of H-pyrrole nitrogens is 1. The Kier molecular flexibility index (Phi) is 5.61. The molecule has 0 aliphatic heterocycles. The fourth-order valence-electron chi connectivity index (χ4n) is 3.01. The summed E-state index contributed by atoms with van der Waals surface area (Å²) in [7, 11) is 0. The summed E-state index contributed by atoms with van der Waals surface area (Å²) in [5.41, 5.74) is 3.53. The summed E-state index contributed by atoms with van der Waals surface area (Å²) >= 11 is 0. The molecule has 2 aromatic carbocycles. The number of carbonyl (C=O) groups is 1. The van der Waals surface area contributed by atoms with E-state index in [1.54, 1.807) is 6.92 Å². The molecule has 4 heteroatoms. The first-order valence-corrected chi connectivity index (χ1v) is 9.14. The summed E-state index contributed by atoms with van der Waals surface area (Å²) in [6, 6.07) is 16.1. The lowest BCUT2D eigenvalue weighted by molar-refractivity contribution is -0.127. The standard InChI is InChI=1S/C22H26N2O2/c1-15(2)17-7-6-8-19(13-17)26-16(3)22(25)23-12-11-18-14-24-21-10-5-4-9-20(18)21/h4-10,13-16,24H,11-12H2,1-3H3,(H,23,25). The van der Waals surface area contributed by atoms with E-state index in [2.05, 4.69) is 42.3 Å². The molecule has 26 heavy (non-hydrogen) atoms. The summed E-state index contributed by atoms with van der Waals surface area (Å²) < 4.78 is 5.81. The molecule has 0 bridgehead atoms. The van der Waals surface area contributed by atoms with Crippen molar-refractivity contribution < 1.29 is 9.53 Å². The highest BCUT2D eigenvalue weighted by molar-refractivity contribution is 5.83. The van der Waals surface area contributed by atoms with Crippen LogP contribution in [0.25, 0.3) is 10.9 Å². The van der Waals surface area contributed by atoms with Crippen molar-refractivity contribution >= 4 is 16.8 Å². The van der Waals surface area contributed by atoms with Gasteiger partial charge >= 0.3 is 0 Å². The second-order valence-corrected chi connectivity index (χ2v) is 6.89. The van der Waals surface area contributed by atoms with Crippen molar-refractivity contribution in [1.82, 2.24) is 10.3 Å². The van der Waals surface area contributed by atoms with E-state index >= 15 is 0 Å². The Hall–Kier alpha value is -2.75. The van der Waals surface area contributed by atoms with Crippen LogP contribution >= 0.6 is 0 Å². The maximum Gasteiger partial charge on any atom is 0.260 e. The van der Waals surface area contributed by atoms with E-state index in [1.807, 2.05) is 36.5 Å². The van der Waals surface area contributed by atoms with E-state index in [0.29, 0.717) is 12.5 Å². The van der Waals surface area contributed by atoms with Gasteiger partial charge in [-0.1, -0.05) is 44.2 Å². The Morgan fingerprint density at radius 3 is 2.73 bits per heavy atom. The Bertz CT molecular complexity index is 882. The zero-order chi connectivity index (χ0) is 18.5. The van der Waals surface area contributed by atoms with Gasteiger partial charge in [0.05, 0.1) is 0 Å². The van der Waals surface area contributed by atoms with Crippen LogP contribution in [-0.4, -0.2) is 23.5 Å². The zero-order valence-corrected chi connectivity index (χ0v) is 15.6. The lowest BCUT2D eigenvalue weighted by Gasteiger charge is -2.16. The summed E-state index contributed by atoms with van der Waals surface area (Å²) in [6.07, 6.45) is 2.26. The van der Waals surface area contributed by atoms with E-state index in [9.17, 15) is 4.79 Å². The van der Waals surface area contributed by atoms with Gasteiger partial charge in [-0.2, -0.15) is 0 Å². The highest BCUT2D eigenvalue weighted by Crippen LogP contribution is 2.21. The van der Waals surface area contributed by atoms with Crippen LogP contribution in [0.4, 0.5) is 0 Å². The molecule has 0 saturated carbocycles. The predicted octanol–water partition coefficient (Wildman–Crippen LogP) is 4.42. The van der Waals surface area contributed by atoms with Gasteiger partial charge in [0.1, 0.15) is 5.75 Å². The first kappa shape index (κ1) is 18.1. The third-order valence-corrected chi connectivity index (χ3v) is 4.58. The lowest BCUT2D eigenvalue weighted by atomic mass is 10.0. The van der Waals surface area contributed by atoms with E-state index in [0.717, 1.165) is 17.7 Å². The van der Waals surface area contributed by atoms with Gasteiger partial charge in [-0.3, -0.25) is 4.79 Å². The largest absolute Gasteiger partial charge is 0.481 e. The SMILES string of the molecule is CC(Oc1cccc(C(C)C)c1)C(=O)NCCc1c[nH]c2ccccc12. The van der Waals surface area contributed by atoms with Gasteiger partial charge in [0.15, 0.2) is 6.10 Å². The van der Waals surface area contributed by atoms with Crippen molar-refractivity contribution in [2.75, 3.05) is 6.54 Å². The maximum absolute atomic E-state index is 12.3. The van der Waals surface area contributed by atoms with Crippen LogP contribution in [-0.2, 0) is 11.2 Å². The number of aromatic amines is 1. The molecule has 2 N–H and O–H groups in total. The van der Waals surface area contributed by atoms with Gasteiger partial charge in [0.2, 0.25) is 0 Å². The normalized spacial score (nSPS) is 12.3. The molecule has 1 amide bonds. The van der Waals surface area contributed by atoms with Crippen LogP contribution in [0, 0.1) is 0 Å². The molecule has 0 aliphatic carbocycles. The number of carbonyl (C=O) groups excluding carboxylic acids is 1. The Morgan fingerprint density at radius 2 is 1.92 bits per heavy atom. The fourth-order valence-corrected chi connectivity index (χ4v) is 3.01. The smallest absolute Gasteiger partial charge is 0.260 e. The first-order valence-electron chi connectivity index (χ1n) is 9.14. The van der Waals surface area contributed by atoms with Crippen LogP contribution in [0.3, 0.4) is 0 Å². The molecule has 136 valence electrons. The van der Waals surface area contributed by atoms with E-state index in [-0.39, 0.29) is 5.91 Å². The quantitative estimate of drug-likeness (QED) is 0.663. The molecule has 1 unspecified atom stereocenters. The summed E-state index contributed by atoms with van der Waals surface area (Å²) in [6.45, 7) is 6.64. The highest BCUT2D eigenvalue weighted by Gasteiger charge is 2.15. The number of para-hydroxylation sites is 1. The number of amides is 1. The number of ether oxygens (including phenoxy) is 1. The Morgan fingerprint density at radius 1 is 1.12 bits per heavy atom. The molecule has 4 nitrogen and oxygen atoms in total. The number of benzene rings is 2. The summed E-state index contributed by atoms with van der Waals surface area (Å²) in [5, 5.41) is 4.17. The van der Waals surface area contributed by atoms with Crippen molar-refractivity contribution in [1.29, 1.82) is 0 Å². The van der Waals surface area contributed by atoms with Crippen LogP contribution < -0.4 is 10.1 Å². The lowest BCUT2D eigenvalue weighted by Crippen LogP contribution is -2.37. The van der Waals surface area contributed by atoms with Gasteiger partial charge in [-0.15, -0.1) is 0 Å². The fraction of sp³-hybridized carbons (Fsp3) is 0.318. The minimum atomic E-state index is -0.527. The number of rotatable bonds is 7. The molecule has 3 rings (SSSR count). The summed E-state index contributed by atoms with van der Waals surface area (Å²) in [5.74, 6) is 1.06. The Labute approximate surface area is 154 Å². The molecular formula is C22H26N2O2. The average molecular weight is 350 g/mol. The number of hydrogen-bond acceptors (Lipinski definition) is 2. The number of aromatic nitrogens is 1. The highest BCUT2D eigenvalue weighted by atomic mass is 16.5. The van der Waals surface area contributed by atoms with Gasteiger partial charge in [0, 0.05) is 23.6 Å². The third-order valence-electron chi connectivity index (χ3n) is 4.58. The van der Waals surface area contributed by atoms with Crippen LogP contribution in [0.5, 0.6) is 5.75 Å². The minimum Gasteiger partial charge on any atom is -0.481 e. The van der Waals surface area contributed by atoms with Gasteiger partial charge in [-0.05, 0) is 48.6 Å². The summed E-state index contributed by atoms with van der Waals surface area (Å²) in [4.78, 5) is 15.6. The monoisotopic (exact) mass is 350 g/mol. The van der Waals surface area contributed by atoms with Gasteiger partial charge < -0.3 is 15.0 Å². The van der Waals surface area contributed by atoms with Crippen LogP contribution in [0.2, 0.25) is 0 Å². The van der Waals surface area contributed by atoms with Gasteiger partial charge in [0.25, 0.3) is 5.91 Å². The number of nitrogens with one attached hydrogen (secondary N) is 2. The average Bonchev–Trinajstić information content (AvgIpc) is 3.05. The van der Waals surface area contributed by atoms with Crippen molar-refractivity contribution in [3.05, 3.63) is 65.9 Å². The topological polar surface area (TPSA) is 54.1 Å². The molecule has 0 aliphatic rings. The van der Waals surface area contributed by atoms with E-state index in [1.165, 1.54) is 16.5 Å². The molecule has 0 spiro atoms. The Balaban J connectivity index is 1.52. The molecule has 0 radical (unpaired) electrons. The molecule has 0 fully saturated rings. The van der Waals surface area contributed by atoms with Gasteiger partial charge in [-0.25, -0.2) is 0 Å². The molecule has 1 aromatic heterocycles. The van der Waals surface area contributed by atoms with E-state index in [4.69, 9.17) is 4.74 Å². The van der Waals surface area contributed by atoms with Crippen molar-refractivity contribution in [3.8, 4) is 5.75 Å². The second kappa shape index (κ2) is 8.09. The van der Waals surface area contributed by atoms with Crippen molar-refractivity contribution in [2.24, 2.45) is 0 Å². The molecular weight excluding hydrogens is 324 g/mol. The van der Waals surface area contributed by atoms with Crippen LogP contribution in [0.1, 0.15) is 37.8 Å². The van der Waals surface area contributed by atoms with Crippen LogP contribution in [0.15, 0.2) is 54.7 Å². The second-order valence-electron chi connectivity index (χ2n) is 6.89. The number of hydrogen-bond donors (Lipinski definition) is 2. The molecule has 1 heterocycles. The minimum absolute atomic E-state index is 0.0974. The van der Waals surface area contributed by atoms with Crippen molar-refractivity contribution in [3.63, 3.8) is 0 Å². The predicted molar refractivity (Wildman–Crippen MR) is 106 cm³/mol. The van der Waals surface area contributed by atoms with E-state index < -0.39 is 6.10 Å². The number of fused-ring (bicyclic) bond motifs is 1. The zero-order valence-electron chi connectivity index (χ0n) is 15.6. The molecule has 0 saturated heterocycles. The maximum atomic E-state index is 12.3. The van der Waals surface area contributed by atoms with Crippen molar-refractivity contribution in [2.45, 2.75) is 39.2 Å². The third kappa shape index (κ3) is 4.26. The molecule has 3 aromatic rings.